The smallest absolute Gasteiger partial charge is 0.119 e. The molecule has 1 saturated heterocycles. The van der Waals surface area contributed by atoms with Crippen molar-refractivity contribution in [3.8, 4) is 5.75 Å². The summed E-state index contributed by atoms with van der Waals surface area (Å²) in [6.07, 6.45) is 6.38. The fraction of sp³-hybridized carbons (Fsp3) is 0.609. The maximum absolute atomic E-state index is 5.81. The minimum Gasteiger partial charge on any atom is -0.493 e. The number of hydrogen-bond acceptors (Lipinski definition) is 3. The Morgan fingerprint density at radius 2 is 1.85 bits per heavy atom. The van der Waals surface area contributed by atoms with E-state index in [1.54, 1.807) is 0 Å². The number of nitrogens with one attached hydrogen (secondary N) is 1. The summed E-state index contributed by atoms with van der Waals surface area (Å²) >= 11 is 0. The Bertz CT molecular complexity index is 725. The van der Waals surface area contributed by atoms with Gasteiger partial charge in [-0.2, -0.15) is 5.10 Å². The molecule has 4 nitrogen and oxygen atoms in total. The van der Waals surface area contributed by atoms with Crippen molar-refractivity contribution in [2.75, 3.05) is 19.7 Å². The molecule has 1 aliphatic heterocycles. The van der Waals surface area contributed by atoms with E-state index in [-0.39, 0.29) is 0 Å². The molecule has 146 valence electrons. The van der Waals surface area contributed by atoms with Crippen LogP contribution in [0, 0.1) is 11.8 Å². The van der Waals surface area contributed by atoms with Gasteiger partial charge in [0.1, 0.15) is 5.75 Å². The molecule has 4 heteroatoms. The average molecular weight is 368 g/mol. The molecular weight excluding hydrogens is 334 g/mol. The fourth-order valence-electron chi connectivity index (χ4n) is 3.84. The van der Waals surface area contributed by atoms with Gasteiger partial charge in [0.15, 0.2) is 0 Å². The highest BCUT2D eigenvalue weighted by Gasteiger charge is 2.25. The Morgan fingerprint density at radius 1 is 1.11 bits per heavy atom. The molecule has 1 saturated carbocycles. The van der Waals surface area contributed by atoms with Crippen LogP contribution >= 0.6 is 0 Å². The van der Waals surface area contributed by atoms with Gasteiger partial charge in [0, 0.05) is 11.6 Å². The van der Waals surface area contributed by atoms with Crippen LogP contribution in [-0.4, -0.2) is 29.5 Å². The lowest BCUT2D eigenvalue weighted by molar-refractivity contribution is 0.271. The van der Waals surface area contributed by atoms with E-state index in [2.05, 4.69) is 54.2 Å². The van der Waals surface area contributed by atoms with Crippen LogP contribution in [0.2, 0.25) is 0 Å². The van der Waals surface area contributed by atoms with Gasteiger partial charge in [-0.15, -0.1) is 0 Å². The SMILES string of the molecule is CC(C)COc1ccc(Cn2nc(C3CCNCC3)cc2CC2CC2)cc1. The second-order valence-corrected chi connectivity index (χ2v) is 8.74. The zero-order valence-corrected chi connectivity index (χ0v) is 16.8. The predicted octanol–water partition coefficient (Wildman–Crippen LogP) is 4.39. The molecular formula is C23H33N3O. The van der Waals surface area contributed by atoms with Crippen molar-refractivity contribution in [3.63, 3.8) is 0 Å². The normalized spacial score (nSPS) is 18.2. The van der Waals surface area contributed by atoms with Crippen LogP contribution in [0.15, 0.2) is 30.3 Å². The Kier molecular flexibility index (Phi) is 5.82. The molecule has 1 N–H and O–H groups in total. The summed E-state index contributed by atoms with van der Waals surface area (Å²) in [5.74, 6) is 3.01. The molecule has 27 heavy (non-hydrogen) atoms. The van der Waals surface area contributed by atoms with Crippen molar-refractivity contribution in [1.29, 1.82) is 0 Å². The van der Waals surface area contributed by atoms with Gasteiger partial charge in [0.2, 0.25) is 0 Å². The third-order valence-electron chi connectivity index (χ3n) is 5.67. The average Bonchev–Trinajstić information content (AvgIpc) is 3.42. The van der Waals surface area contributed by atoms with Crippen LogP contribution < -0.4 is 10.1 Å². The molecule has 0 radical (unpaired) electrons. The highest BCUT2D eigenvalue weighted by Crippen LogP contribution is 2.34. The molecule has 0 bridgehead atoms. The highest BCUT2D eigenvalue weighted by atomic mass is 16.5. The molecule has 4 rings (SSSR count). The zero-order chi connectivity index (χ0) is 18.6. The lowest BCUT2D eigenvalue weighted by Crippen LogP contribution is -2.26. The maximum Gasteiger partial charge on any atom is 0.119 e. The summed E-state index contributed by atoms with van der Waals surface area (Å²) < 4.78 is 8.08. The molecule has 1 aliphatic carbocycles. The summed E-state index contributed by atoms with van der Waals surface area (Å²) in [4.78, 5) is 0. The molecule has 0 unspecified atom stereocenters. The van der Waals surface area contributed by atoms with Crippen molar-refractivity contribution >= 4 is 0 Å². The summed E-state index contributed by atoms with van der Waals surface area (Å²) in [5, 5.41) is 8.51. The van der Waals surface area contributed by atoms with E-state index in [0.29, 0.717) is 11.8 Å². The number of piperidine rings is 1. The van der Waals surface area contributed by atoms with Crippen molar-refractivity contribution in [1.82, 2.24) is 15.1 Å². The van der Waals surface area contributed by atoms with Crippen LogP contribution in [0.25, 0.3) is 0 Å². The van der Waals surface area contributed by atoms with Crippen molar-refractivity contribution in [2.45, 2.75) is 58.4 Å². The van der Waals surface area contributed by atoms with E-state index >= 15 is 0 Å². The zero-order valence-electron chi connectivity index (χ0n) is 16.8. The largest absolute Gasteiger partial charge is 0.493 e. The van der Waals surface area contributed by atoms with Crippen molar-refractivity contribution < 1.29 is 4.74 Å². The van der Waals surface area contributed by atoms with Crippen LogP contribution in [0.1, 0.15) is 62.4 Å². The first kappa shape index (κ1) is 18.5. The van der Waals surface area contributed by atoms with E-state index in [1.165, 1.54) is 49.1 Å². The number of benzene rings is 1. The van der Waals surface area contributed by atoms with Crippen molar-refractivity contribution in [2.24, 2.45) is 11.8 Å². The molecule has 0 spiro atoms. The maximum atomic E-state index is 5.81. The Labute approximate surface area is 163 Å². The fourth-order valence-corrected chi connectivity index (χ4v) is 3.84. The lowest BCUT2D eigenvalue weighted by atomic mass is 9.94. The van der Waals surface area contributed by atoms with Gasteiger partial charge in [-0.3, -0.25) is 4.68 Å². The molecule has 1 aromatic heterocycles. The third-order valence-corrected chi connectivity index (χ3v) is 5.67. The summed E-state index contributed by atoms with van der Waals surface area (Å²) in [6.45, 7) is 8.21. The van der Waals surface area contributed by atoms with Gasteiger partial charge in [-0.25, -0.2) is 0 Å². The quantitative estimate of drug-likeness (QED) is 0.752. The second kappa shape index (κ2) is 8.47. The minimum atomic E-state index is 0.548. The number of hydrogen-bond donors (Lipinski definition) is 1. The Hall–Kier alpha value is -1.81. The third kappa shape index (κ3) is 5.13. The standard InChI is InChI=1S/C23H33N3O/c1-17(2)16-27-22-7-5-19(6-8-22)15-26-21(13-18-3-4-18)14-23(25-26)20-9-11-24-12-10-20/h5-8,14,17-18,20,24H,3-4,9-13,15-16H2,1-2H3. The number of nitrogens with zero attached hydrogens (tertiary/aromatic N) is 2. The summed E-state index contributed by atoms with van der Waals surface area (Å²) in [7, 11) is 0. The van der Waals surface area contributed by atoms with Gasteiger partial charge < -0.3 is 10.1 Å². The van der Waals surface area contributed by atoms with E-state index in [0.717, 1.165) is 37.9 Å². The van der Waals surface area contributed by atoms with E-state index in [9.17, 15) is 0 Å². The predicted molar refractivity (Wildman–Crippen MR) is 109 cm³/mol. The first-order chi connectivity index (χ1) is 13.2. The van der Waals surface area contributed by atoms with Crippen LogP contribution in [-0.2, 0) is 13.0 Å². The minimum absolute atomic E-state index is 0.548. The summed E-state index contributed by atoms with van der Waals surface area (Å²) in [5.41, 5.74) is 4.03. The monoisotopic (exact) mass is 367 g/mol. The van der Waals surface area contributed by atoms with Crippen LogP contribution in [0.5, 0.6) is 5.75 Å². The lowest BCUT2D eigenvalue weighted by Gasteiger charge is -2.20. The first-order valence-corrected chi connectivity index (χ1v) is 10.7. The Balaban J connectivity index is 1.47. The Morgan fingerprint density at radius 3 is 2.52 bits per heavy atom. The van der Waals surface area contributed by atoms with Crippen LogP contribution in [0.3, 0.4) is 0 Å². The van der Waals surface area contributed by atoms with E-state index < -0.39 is 0 Å². The van der Waals surface area contributed by atoms with Gasteiger partial charge in [-0.1, -0.05) is 26.0 Å². The molecule has 2 fully saturated rings. The van der Waals surface area contributed by atoms with Crippen LogP contribution in [0.4, 0.5) is 0 Å². The molecule has 0 amide bonds. The highest BCUT2D eigenvalue weighted by molar-refractivity contribution is 5.28. The molecule has 1 aromatic carbocycles. The topological polar surface area (TPSA) is 39.1 Å². The van der Waals surface area contributed by atoms with Gasteiger partial charge in [-0.05, 0) is 80.8 Å². The van der Waals surface area contributed by atoms with Gasteiger partial charge in [0.25, 0.3) is 0 Å². The van der Waals surface area contributed by atoms with Gasteiger partial charge >= 0.3 is 0 Å². The molecule has 2 aliphatic rings. The van der Waals surface area contributed by atoms with E-state index in [4.69, 9.17) is 9.84 Å². The van der Waals surface area contributed by atoms with Gasteiger partial charge in [0.05, 0.1) is 18.8 Å². The van der Waals surface area contributed by atoms with E-state index in [1.807, 2.05) is 0 Å². The number of rotatable bonds is 8. The van der Waals surface area contributed by atoms with Crippen molar-refractivity contribution in [3.05, 3.63) is 47.3 Å². The summed E-state index contributed by atoms with van der Waals surface area (Å²) in [6, 6.07) is 10.9. The second-order valence-electron chi connectivity index (χ2n) is 8.74. The molecule has 2 aromatic rings. The number of aromatic nitrogens is 2. The number of ether oxygens (including phenoxy) is 1. The molecule has 0 atom stereocenters. The molecule has 2 heterocycles. The first-order valence-electron chi connectivity index (χ1n) is 10.7.